The molecular formula is C6H4N4O2S. The van der Waals surface area contributed by atoms with Gasteiger partial charge in [0, 0.05) is 4.91 Å². The highest BCUT2D eigenvalue weighted by molar-refractivity contribution is 7.13. The lowest BCUT2D eigenvalue weighted by atomic mass is 10.3. The summed E-state index contributed by atoms with van der Waals surface area (Å²) in [5, 5.41) is 15.8. The number of oxime groups is 1. The van der Waals surface area contributed by atoms with Crippen LogP contribution in [0.4, 0.5) is 0 Å². The number of nitrogens with zero attached hydrogens (tertiary/aromatic N) is 4. The Morgan fingerprint density at radius 2 is 2.46 bits per heavy atom. The summed E-state index contributed by atoms with van der Waals surface area (Å²) in [7, 11) is 0. The van der Waals surface area contributed by atoms with E-state index in [0.717, 1.165) is 0 Å². The van der Waals surface area contributed by atoms with Crippen LogP contribution in [0.25, 0.3) is 10.4 Å². The Morgan fingerprint density at radius 1 is 1.69 bits per heavy atom. The molecule has 0 aliphatic rings. The van der Waals surface area contributed by atoms with E-state index in [0.29, 0.717) is 4.88 Å². The van der Waals surface area contributed by atoms with E-state index in [1.54, 1.807) is 17.5 Å². The Labute approximate surface area is 76.7 Å². The predicted octanol–water partition coefficient (Wildman–Crippen LogP) is 1.76. The first-order chi connectivity index (χ1) is 6.29. The molecule has 0 bridgehead atoms. The first kappa shape index (κ1) is 9.24. The molecule has 13 heavy (non-hydrogen) atoms. The van der Waals surface area contributed by atoms with Crippen LogP contribution in [0, 0.1) is 0 Å². The summed E-state index contributed by atoms with van der Waals surface area (Å²) in [6.45, 7) is 0. The topological polar surface area (TPSA) is 98.4 Å². The highest BCUT2D eigenvalue weighted by Crippen LogP contribution is 2.10. The van der Waals surface area contributed by atoms with Crippen molar-refractivity contribution in [1.82, 2.24) is 0 Å². The van der Waals surface area contributed by atoms with Crippen LogP contribution in [-0.4, -0.2) is 16.8 Å². The molecule has 1 rings (SSSR count). The van der Waals surface area contributed by atoms with Crippen LogP contribution in [0.15, 0.2) is 27.8 Å². The minimum Gasteiger partial charge on any atom is -0.410 e. The molecule has 0 fully saturated rings. The number of hydrogen-bond donors (Lipinski definition) is 1. The Balaban J connectivity index is 3.01. The maximum absolute atomic E-state index is 11.0. The first-order valence-corrected chi connectivity index (χ1v) is 4.03. The number of rotatable bonds is 2. The molecule has 6 nitrogen and oxygen atoms in total. The van der Waals surface area contributed by atoms with Gasteiger partial charge in [-0.05, 0) is 22.1 Å². The van der Waals surface area contributed by atoms with Gasteiger partial charge in [0.15, 0.2) is 5.71 Å². The number of amides is 1. The van der Waals surface area contributed by atoms with Crippen molar-refractivity contribution in [1.29, 1.82) is 0 Å². The molecule has 1 aromatic rings. The molecule has 0 saturated heterocycles. The van der Waals surface area contributed by atoms with E-state index >= 15 is 0 Å². The minimum atomic E-state index is -0.896. The Morgan fingerprint density at radius 3 is 2.92 bits per heavy atom. The number of thiophene rings is 1. The van der Waals surface area contributed by atoms with Crippen LogP contribution < -0.4 is 0 Å². The Bertz CT molecular complexity index is 377. The summed E-state index contributed by atoms with van der Waals surface area (Å²) < 4.78 is 0. The van der Waals surface area contributed by atoms with Crippen LogP contribution in [0.5, 0.6) is 0 Å². The second kappa shape index (κ2) is 4.24. The molecule has 0 aliphatic carbocycles. The van der Waals surface area contributed by atoms with Gasteiger partial charge < -0.3 is 5.21 Å². The van der Waals surface area contributed by atoms with Crippen molar-refractivity contribution < 1.29 is 10.0 Å². The number of hydrogen-bond acceptors (Lipinski definition) is 4. The SMILES string of the molecule is [N-]=[N+]=NC(=O)/C(=N\O)c1cccs1. The van der Waals surface area contributed by atoms with Gasteiger partial charge in [-0.1, -0.05) is 11.2 Å². The smallest absolute Gasteiger partial charge is 0.272 e. The quantitative estimate of drug-likeness (QED) is 0.195. The van der Waals surface area contributed by atoms with Gasteiger partial charge >= 0.3 is 0 Å². The summed E-state index contributed by atoms with van der Waals surface area (Å²) in [5.74, 6) is -0.896. The summed E-state index contributed by atoms with van der Waals surface area (Å²) in [5.41, 5.74) is 7.74. The zero-order chi connectivity index (χ0) is 9.68. The van der Waals surface area contributed by atoms with E-state index in [4.69, 9.17) is 10.7 Å². The second-order valence-electron chi connectivity index (χ2n) is 1.92. The van der Waals surface area contributed by atoms with Crippen molar-refractivity contribution in [2.45, 2.75) is 0 Å². The Kier molecular flexibility index (Phi) is 3.02. The van der Waals surface area contributed by atoms with Crippen molar-refractivity contribution >= 4 is 23.0 Å². The van der Waals surface area contributed by atoms with Crippen LogP contribution in [-0.2, 0) is 4.79 Å². The molecule has 0 spiro atoms. The largest absolute Gasteiger partial charge is 0.410 e. The number of carbonyl (C=O) groups excluding carboxylic acids is 1. The van der Waals surface area contributed by atoms with Crippen molar-refractivity contribution in [2.24, 2.45) is 10.3 Å². The third-order valence-corrected chi connectivity index (χ3v) is 2.07. The van der Waals surface area contributed by atoms with Gasteiger partial charge in [0.05, 0.1) is 4.88 Å². The van der Waals surface area contributed by atoms with Crippen molar-refractivity contribution in [3.05, 3.63) is 32.8 Å². The monoisotopic (exact) mass is 196 g/mol. The molecular weight excluding hydrogens is 192 g/mol. The predicted molar refractivity (Wildman–Crippen MR) is 46.8 cm³/mol. The fourth-order valence-electron chi connectivity index (χ4n) is 0.699. The van der Waals surface area contributed by atoms with E-state index in [1.165, 1.54) is 11.3 Å². The van der Waals surface area contributed by atoms with Crippen LogP contribution in [0.3, 0.4) is 0 Å². The molecule has 0 saturated carbocycles. The molecule has 1 amide bonds. The van der Waals surface area contributed by atoms with Crippen LogP contribution >= 0.6 is 11.3 Å². The lowest BCUT2D eigenvalue weighted by molar-refractivity contribution is -0.112. The maximum atomic E-state index is 11.0. The van der Waals surface area contributed by atoms with E-state index in [2.05, 4.69) is 15.2 Å². The molecule has 1 N–H and O–H groups in total. The summed E-state index contributed by atoms with van der Waals surface area (Å²) in [6.07, 6.45) is 0. The van der Waals surface area contributed by atoms with Crippen molar-refractivity contribution in [3.63, 3.8) is 0 Å². The average molecular weight is 196 g/mol. The van der Waals surface area contributed by atoms with Gasteiger partial charge in [-0.3, -0.25) is 4.79 Å². The first-order valence-electron chi connectivity index (χ1n) is 3.15. The van der Waals surface area contributed by atoms with Gasteiger partial charge in [-0.2, -0.15) is 0 Å². The molecule has 7 heteroatoms. The third kappa shape index (κ3) is 2.05. The molecule has 66 valence electrons. The highest BCUT2D eigenvalue weighted by Gasteiger charge is 2.13. The minimum absolute atomic E-state index is 0.243. The lowest BCUT2D eigenvalue weighted by Gasteiger charge is -1.92. The number of azide groups is 1. The highest BCUT2D eigenvalue weighted by atomic mass is 32.1. The van der Waals surface area contributed by atoms with Gasteiger partial charge in [-0.15, -0.1) is 11.3 Å². The zero-order valence-corrected chi connectivity index (χ0v) is 7.10. The lowest BCUT2D eigenvalue weighted by Crippen LogP contribution is -2.10. The zero-order valence-electron chi connectivity index (χ0n) is 6.28. The summed E-state index contributed by atoms with van der Waals surface area (Å²) >= 11 is 1.21. The summed E-state index contributed by atoms with van der Waals surface area (Å²) in [6, 6.07) is 3.28. The molecule has 1 aromatic heterocycles. The second-order valence-corrected chi connectivity index (χ2v) is 2.87. The third-order valence-electron chi connectivity index (χ3n) is 1.19. The van der Waals surface area contributed by atoms with E-state index in [9.17, 15) is 4.79 Å². The van der Waals surface area contributed by atoms with Crippen molar-refractivity contribution in [2.75, 3.05) is 0 Å². The maximum Gasteiger partial charge on any atom is 0.272 e. The van der Waals surface area contributed by atoms with E-state index in [-0.39, 0.29) is 5.71 Å². The molecule has 0 aliphatic heterocycles. The number of carbonyl (C=O) groups is 1. The van der Waals surface area contributed by atoms with Gasteiger partial charge in [0.1, 0.15) is 0 Å². The fourth-order valence-corrected chi connectivity index (χ4v) is 1.40. The van der Waals surface area contributed by atoms with Gasteiger partial charge in [-0.25, -0.2) is 0 Å². The molecule has 1 heterocycles. The Hall–Kier alpha value is -1.85. The average Bonchev–Trinajstić information content (AvgIpc) is 2.59. The van der Waals surface area contributed by atoms with Gasteiger partial charge in [0.25, 0.3) is 5.91 Å². The van der Waals surface area contributed by atoms with Crippen molar-refractivity contribution in [3.8, 4) is 0 Å². The van der Waals surface area contributed by atoms with Crippen LogP contribution in [0.2, 0.25) is 0 Å². The molecule has 0 unspecified atom stereocenters. The standard InChI is InChI=1S/C6H4N4O2S/c7-10-8-6(11)5(9-12)4-2-1-3-13-4/h1-3,12H/b9-5-. The van der Waals surface area contributed by atoms with Crippen LogP contribution in [0.1, 0.15) is 4.88 Å². The van der Waals surface area contributed by atoms with E-state index < -0.39 is 5.91 Å². The molecule has 0 atom stereocenters. The van der Waals surface area contributed by atoms with E-state index in [1.807, 2.05) is 0 Å². The normalized spacial score (nSPS) is 10.6. The summed E-state index contributed by atoms with van der Waals surface area (Å²) in [4.78, 5) is 13.7. The molecule has 0 aromatic carbocycles. The van der Waals surface area contributed by atoms with Gasteiger partial charge in [0.2, 0.25) is 0 Å². The fraction of sp³-hybridized carbons (Fsp3) is 0. The molecule has 0 radical (unpaired) electrons.